The summed E-state index contributed by atoms with van der Waals surface area (Å²) >= 11 is 0. The second-order valence-electron chi connectivity index (χ2n) is 2.37. The largest absolute Gasteiger partial charge is 0.477 e. The third-order valence-corrected chi connectivity index (χ3v) is 1.28. The second kappa shape index (κ2) is 3.08. The molecule has 0 fully saturated rings. The highest BCUT2D eigenvalue weighted by atomic mass is 16.4. The summed E-state index contributed by atoms with van der Waals surface area (Å²) in [5, 5.41) is 8.42. The number of carboxylic acids is 1. The van der Waals surface area contributed by atoms with Crippen LogP contribution >= 0.6 is 0 Å². The lowest BCUT2D eigenvalue weighted by molar-refractivity contribution is -0.132. The Morgan fingerprint density at radius 3 is 2.92 bits per heavy atom. The van der Waals surface area contributed by atoms with Gasteiger partial charge < -0.3 is 15.4 Å². The number of hydrogen-bond acceptors (Lipinski definition) is 3. The molecule has 5 heteroatoms. The fourth-order valence-electron chi connectivity index (χ4n) is 0.729. The van der Waals surface area contributed by atoms with Gasteiger partial charge in [0.15, 0.2) is 0 Å². The fourth-order valence-corrected chi connectivity index (χ4v) is 0.729. The van der Waals surface area contributed by atoms with Gasteiger partial charge in [-0.2, -0.15) is 0 Å². The number of aryl methyl sites for hydroxylation is 1. The van der Waals surface area contributed by atoms with Gasteiger partial charge in [-0.05, 0) is 6.08 Å². The highest BCUT2D eigenvalue weighted by Crippen LogP contribution is 1.99. The van der Waals surface area contributed by atoms with Crippen molar-refractivity contribution in [3.63, 3.8) is 0 Å². The minimum absolute atomic E-state index is 0.214. The Kier molecular flexibility index (Phi) is 2.14. The van der Waals surface area contributed by atoms with Crippen molar-refractivity contribution < 1.29 is 9.90 Å². The predicted octanol–water partition coefficient (Wildman–Crippen LogP) is -0.196. The molecule has 0 aliphatic carbocycles. The monoisotopic (exact) mass is 167 g/mol. The summed E-state index contributed by atoms with van der Waals surface area (Å²) in [7, 11) is 1.79. The van der Waals surface area contributed by atoms with E-state index in [2.05, 4.69) is 4.98 Å². The zero-order chi connectivity index (χ0) is 9.14. The van der Waals surface area contributed by atoms with Crippen molar-refractivity contribution in [1.82, 2.24) is 9.55 Å². The van der Waals surface area contributed by atoms with E-state index in [0.29, 0.717) is 5.69 Å². The van der Waals surface area contributed by atoms with Crippen LogP contribution in [-0.4, -0.2) is 20.6 Å². The number of imidazole rings is 1. The maximum Gasteiger partial charge on any atom is 0.351 e. The molecule has 64 valence electrons. The third kappa shape index (κ3) is 1.85. The van der Waals surface area contributed by atoms with E-state index in [1.807, 2.05) is 0 Å². The van der Waals surface area contributed by atoms with Gasteiger partial charge in [-0.1, -0.05) is 0 Å². The van der Waals surface area contributed by atoms with Crippen molar-refractivity contribution in [1.29, 1.82) is 0 Å². The number of carboxylic acid groups (broad SMARTS) is 1. The SMILES string of the molecule is Cn1cnc(/C=C(\N)C(=O)O)c1. The summed E-state index contributed by atoms with van der Waals surface area (Å²) in [5.74, 6) is -1.14. The molecular formula is C7H9N3O2. The highest BCUT2D eigenvalue weighted by molar-refractivity contribution is 5.90. The van der Waals surface area contributed by atoms with E-state index in [4.69, 9.17) is 10.8 Å². The molecule has 0 saturated heterocycles. The van der Waals surface area contributed by atoms with Crippen LogP contribution in [0.5, 0.6) is 0 Å². The van der Waals surface area contributed by atoms with Gasteiger partial charge in [-0.3, -0.25) is 0 Å². The summed E-state index contributed by atoms with van der Waals surface area (Å²) in [6.45, 7) is 0. The first-order valence-electron chi connectivity index (χ1n) is 3.28. The van der Waals surface area contributed by atoms with Crippen molar-refractivity contribution in [3.8, 4) is 0 Å². The van der Waals surface area contributed by atoms with Crippen molar-refractivity contribution in [3.05, 3.63) is 23.9 Å². The molecule has 0 unspecified atom stereocenters. The molecule has 0 aliphatic rings. The Labute approximate surface area is 69.1 Å². The second-order valence-corrected chi connectivity index (χ2v) is 2.37. The molecular weight excluding hydrogens is 158 g/mol. The molecule has 0 saturated carbocycles. The molecule has 1 heterocycles. The maximum absolute atomic E-state index is 10.3. The van der Waals surface area contributed by atoms with E-state index in [9.17, 15) is 4.79 Å². The first kappa shape index (κ1) is 8.32. The first-order valence-corrected chi connectivity index (χ1v) is 3.28. The zero-order valence-corrected chi connectivity index (χ0v) is 6.56. The Morgan fingerprint density at radius 2 is 2.50 bits per heavy atom. The average Bonchev–Trinajstić information content (AvgIpc) is 2.35. The first-order chi connectivity index (χ1) is 5.59. The summed E-state index contributed by atoms with van der Waals surface area (Å²) in [5.41, 5.74) is 5.50. The normalized spacial score (nSPS) is 11.6. The summed E-state index contributed by atoms with van der Waals surface area (Å²) in [6, 6.07) is 0. The molecule has 1 rings (SSSR count). The Hall–Kier alpha value is -1.78. The van der Waals surface area contributed by atoms with Gasteiger partial charge in [-0.15, -0.1) is 0 Å². The van der Waals surface area contributed by atoms with Crippen molar-refractivity contribution in [2.45, 2.75) is 0 Å². The number of rotatable bonds is 2. The van der Waals surface area contributed by atoms with Gasteiger partial charge in [-0.25, -0.2) is 9.78 Å². The van der Waals surface area contributed by atoms with Crippen LogP contribution in [0.3, 0.4) is 0 Å². The van der Waals surface area contributed by atoms with Gasteiger partial charge in [0.25, 0.3) is 0 Å². The molecule has 12 heavy (non-hydrogen) atoms. The summed E-state index contributed by atoms with van der Waals surface area (Å²) in [4.78, 5) is 14.2. The van der Waals surface area contributed by atoms with E-state index >= 15 is 0 Å². The Bertz CT molecular complexity index is 327. The number of hydrogen-bond donors (Lipinski definition) is 2. The molecule has 5 nitrogen and oxygen atoms in total. The van der Waals surface area contributed by atoms with Gasteiger partial charge in [0.1, 0.15) is 5.70 Å². The third-order valence-electron chi connectivity index (χ3n) is 1.28. The molecule has 0 radical (unpaired) electrons. The van der Waals surface area contributed by atoms with Crippen LogP contribution in [0.4, 0.5) is 0 Å². The minimum Gasteiger partial charge on any atom is -0.477 e. The van der Waals surface area contributed by atoms with E-state index in [1.54, 1.807) is 24.1 Å². The van der Waals surface area contributed by atoms with Crippen LogP contribution in [0.15, 0.2) is 18.2 Å². The minimum atomic E-state index is -1.14. The molecule has 0 spiro atoms. The number of aromatic nitrogens is 2. The number of aliphatic carboxylic acids is 1. The van der Waals surface area contributed by atoms with Crippen LogP contribution < -0.4 is 5.73 Å². The fraction of sp³-hybridized carbons (Fsp3) is 0.143. The van der Waals surface area contributed by atoms with E-state index in [0.717, 1.165) is 0 Å². The molecule has 3 N–H and O–H groups in total. The van der Waals surface area contributed by atoms with Crippen molar-refractivity contribution >= 4 is 12.0 Å². The number of nitrogens with two attached hydrogens (primary N) is 1. The molecule has 1 aromatic heterocycles. The molecule has 0 amide bonds. The highest BCUT2D eigenvalue weighted by Gasteiger charge is 2.01. The van der Waals surface area contributed by atoms with E-state index in [1.165, 1.54) is 6.08 Å². The lowest BCUT2D eigenvalue weighted by Gasteiger charge is -1.89. The number of carbonyl (C=O) groups is 1. The zero-order valence-electron chi connectivity index (χ0n) is 6.56. The topological polar surface area (TPSA) is 81.1 Å². The molecule has 0 aliphatic heterocycles. The predicted molar refractivity (Wildman–Crippen MR) is 43.0 cm³/mol. The van der Waals surface area contributed by atoms with Crippen molar-refractivity contribution in [2.24, 2.45) is 12.8 Å². The van der Waals surface area contributed by atoms with Gasteiger partial charge in [0.05, 0.1) is 12.0 Å². The number of nitrogens with zero attached hydrogens (tertiary/aromatic N) is 2. The standard InChI is InChI=1S/C7H9N3O2/c1-10-3-5(9-4-10)2-6(8)7(11)12/h2-4H,8H2,1H3,(H,11,12)/b6-2-. The lowest BCUT2D eigenvalue weighted by Crippen LogP contribution is -2.09. The maximum atomic E-state index is 10.3. The quantitative estimate of drug-likeness (QED) is 0.598. The summed E-state index contributed by atoms with van der Waals surface area (Å²) < 4.78 is 1.71. The van der Waals surface area contributed by atoms with Crippen molar-refractivity contribution in [2.75, 3.05) is 0 Å². The molecule has 1 aromatic rings. The van der Waals surface area contributed by atoms with Gasteiger partial charge in [0.2, 0.25) is 0 Å². The van der Waals surface area contributed by atoms with Gasteiger partial charge in [0, 0.05) is 13.2 Å². The Balaban J connectivity index is 2.87. The summed E-state index contributed by atoms with van der Waals surface area (Å²) in [6.07, 6.45) is 4.55. The average molecular weight is 167 g/mol. The van der Waals surface area contributed by atoms with Crippen LogP contribution in [0, 0.1) is 0 Å². The van der Waals surface area contributed by atoms with E-state index in [-0.39, 0.29) is 5.70 Å². The van der Waals surface area contributed by atoms with Crippen LogP contribution in [0.25, 0.3) is 6.08 Å². The van der Waals surface area contributed by atoms with Crippen LogP contribution in [0.1, 0.15) is 5.69 Å². The van der Waals surface area contributed by atoms with E-state index < -0.39 is 5.97 Å². The van der Waals surface area contributed by atoms with Gasteiger partial charge >= 0.3 is 5.97 Å². The lowest BCUT2D eigenvalue weighted by atomic mass is 10.3. The molecule has 0 atom stereocenters. The Morgan fingerprint density at radius 1 is 1.83 bits per heavy atom. The van der Waals surface area contributed by atoms with Crippen LogP contribution in [0.2, 0.25) is 0 Å². The molecule has 0 aromatic carbocycles. The molecule has 0 bridgehead atoms. The van der Waals surface area contributed by atoms with Crippen LogP contribution in [-0.2, 0) is 11.8 Å². The smallest absolute Gasteiger partial charge is 0.351 e.